The molecule has 0 saturated carbocycles. The Hall–Kier alpha value is -2.09. The summed E-state index contributed by atoms with van der Waals surface area (Å²) < 4.78 is 13.8. The Morgan fingerprint density at radius 3 is 2.73 bits per heavy atom. The zero-order chi connectivity index (χ0) is 16.4. The van der Waals surface area contributed by atoms with Gasteiger partial charge >= 0.3 is 0 Å². The Morgan fingerprint density at radius 1 is 1.36 bits per heavy atom. The van der Waals surface area contributed by atoms with Crippen LogP contribution in [0, 0.1) is 23.1 Å². The first-order chi connectivity index (χ1) is 10.6. The number of nitriles is 1. The Kier molecular flexibility index (Phi) is 7.98. The Morgan fingerprint density at radius 2 is 2.14 bits per heavy atom. The number of rotatable bonds is 7. The van der Waals surface area contributed by atoms with Crippen molar-refractivity contribution in [2.24, 2.45) is 10.9 Å². The minimum absolute atomic E-state index is 0.247. The zero-order valence-electron chi connectivity index (χ0n) is 13.6. The lowest BCUT2D eigenvalue weighted by Crippen LogP contribution is -2.37. The first-order valence-corrected chi connectivity index (χ1v) is 7.77. The van der Waals surface area contributed by atoms with Crippen molar-refractivity contribution in [3.05, 3.63) is 35.1 Å². The second kappa shape index (κ2) is 9.78. The van der Waals surface area contributed by atoms with Crippen LogP contribution >= 0.6 is 0 Å². The molecule has 0 amide bonds. The molecule has 0 aromatic heterocycles. The van der Waals surface area contributed by atoms with E-state index < -0.39 is 5.82 Å². The van der Waals surface area contributed by atoms with Crippen molar-refractivity contribution < 1.29 is 4.39 Å². The van der Waals surface area contributed by atoms with Crippen molar-refractivity contribution >= 4 is 5.96 Å². The van der Waals surface area contributed by atoms with Crippen molar-refractivity contribution in [2.45, 2.75) is 40.2 Å². The summed E-state index contributed by atoms with van der Waals surface area (Å²) in [5.74, 6) is 0.988. The molecular formula is C17H25FN4. The molecule has 4 nitrogen and oxygen atoms in total. The van der Waals surface area contributed by atoms with E-state index in [-0.39, 0.29) is 6.54 Å². The summed E-state index contributed by atoms with van der Waals surface area (Å²) in [5, 5.41) is 15.1. The highest BCUT2D eigenvalue weighted by Gasteiger charge is 2.04. The molecule has 0 saturated heterocycles. The van der Waals surface area contributed by atoms with E-state index in [0.717, 1.165) is 25.9 Å². The van der Waals surface area contributed by atoms with Crippen molar-refractivity contribution in [2.75, 3.05) is 13.1 Å². The van der Waals surface area contributed by atoms with Crippen molar-refractivity contribution in [1.29, 1.82) is 5.26 Å². The SMILES string of the molecule is CCNC(=NCc1ccc(C#N)cc1F)NCCCC(C)C. The second-order valence-electron chi connectivity index (χ2n) is 5.58. The molecule has 1 rings (SSSR count). The maximum atomic E-state index is 13.8. The number of hydrogen-bond acceptors (Lipinski definition) is 2. The van der Waals surface area contributed by atoms with Crippen LogP contribution in [0.15, 0.2) is 23.2 Å². The summed E-state index contributed by atoms with van der Waals surface area (Å²) in [7, 11) is 0. The van der Waals surface area contributed by atoms with Gasteiger partial charge in [-0.25, -0.2) is 9.38 Å². The molecule has 1 aromatic carbocycles. The lowest BCUT2D eigenvalue weighted by atomic mass is 10.1. The standard InChI is InChI=1S/C17H25FN4/c1-4-20-17(21-9-5-6-13(2)3)22-12-15-8-7-14(11-19)10-16(15)18/h7-8,10,13H,4-6,9,12H2,1-3H3,(H2,20,21,22). The van der Waals surface area contributed by atoms with Crippen LogP contribution < -0.4 is 10.6 Å². The van der Waals surface area contributed by atoms with Gasteiger partial charge in [-0.05, 0) is 37.8 Å². The van der Waals surface area contributed by atoms with Gasteiger partial charge in [-0.15, -0.1) is 0 Å². The lowest BCUT2D eigenvalue weighted by Gasteiger charge is -2.12. The van der Waals surface area contributed by atoms with Gasteiger partial charge < -0.3 is 10.6 Å². The van der Waals surface area contributed by atoms with E-state index >= 15 is 0 Å². The average molecular weight is 304 g/mol. The fourth-order valence-corrected chi connectivity index (χ4v) is 1.97. The molecule has 0 unspecified atom stereocenters. The highest BCUT2D eigenvalue weighted by molar-refractivity contribution is 5.79. The molecule has 0 aliphatic heterocycles. The smallest absolute Gasteiger partial charge is 0.191 e. The summed E-state index contributed by atoms with van der Waals surface area (Å²) in [6, 6.07) is 6.39. The molecular weight excluding hydrogens is 279 g/mol. The number of hydrogen-bond donors (Lipinski definition) is 2. The highest BCUT2D eigenvalue weighted by Crippen LogP contribution is 2.11. The maximum absolute atomic E-state index is 13.8. The number of guanidine groups is 1. The van der Waals surface area contributed by atoms with Crippen molar-refractivity contribution in [1.82, 2.24) is 10.6 Å². The summed E-state index contributed by atoms with van der Waals surface area (Å²) in [6.45, 7) is 8.25. The van der Waals surface area contributed by atoms with Gasteiger partial charge in [-0.3, -0.25) is 0 Å². The van der Waals surface area contributed by atoms with Gasteiger partial charge in [0.1, 0.15) is 5.82 Å². The summed E-state index contributed by atoms with van der Waals surface area (Å²) in [6.07, 6.45) is 2.24. The van der Waals surface area contributed by atoms with Gasteiger partial charge in [0, 0.05) is 18.7 Å². The fraction of sp³-hybridized carbons (Fsp3) is 0.529. The third-order valence-electron chi connectivity index (χ3n) is 3.18. The van der Waals surface area contributed by atoms with Gasteiger partial charge in [0.25, 0.3) is 0 Å². The Balaban J connectivity index is 2.60. The number of nitrogens with zero attached hydrogens (tertiary/aromatic N) is 2. The normalized spacial score (nSPS) is 11.4. The molecule has 22 heavy (non-hydrogen) atoms. The molecule has 120 valence electrons. The minimum Gasteiger partial charge on any atom is -0.357 e. The fourth-order valence-electron chi connectivity index (χ4n) is 1.97. The Labute approximate surface area is 132 Å². The van der Waals surface area contributed by atoms with Crippen molar-refractivity contribution in [3.8, 4) is 6.07 Å². The van der Waals surface area contributed by atoms with Crippen LogP contribution in [0.2, 0.25) is 0 Å². The molecule has 5 heteroatoms. The van der Waals surface area contributed by atoms with Crippen LogP contribution in [-0.2, 0) is 6.54 Å². The summed E-state index contributed by atoms with van der Waals surface area (Å²) in [5.41, 5.74) is 0.808. The Bertz CT molecular complexity index is 532. The monoisotopic (exact) mass is 304 g/mol. The van der Waals surface area contributed by atoms with Crippen LogP contribution in [0.5, 0.6) is 0 Å². The van der Waals surface area contributed by atoms with Crippen LogP contribution in [0.25, 0.3) is 0 Å². The van der Waals surface area contributed by atoms with Crippen LogP contribution in [0.4, 0.5) is 4.39 Å². The minimum atomic E-state index is -0.390. The number of benzene rings is 1. The maximum Gasteiger partial charge on any atom is 0.191 e. The van der Waals surface area contributed by atoms with Crippen LogP contribution in [0.3, 0.4) is 0 Å². The van der Waals surface area contributed by atoms with Gasteiger partial charge in [0.2, 0.25) is 0 Å². The van der Waals surface area contributed by atoms with Gasteiger partial charge in [0.05, 0.1) is 18.2 Å². The van der Waals surface area contributed by atoms with E-state index in [1.165, 1.54) is 6.07 Å². The molecule has 0 spiro atoms. The molecule has 0 fully saturated rings. The van der Waals surface area contributed by atoms with Gasteiger partial charge in [-0.1, -0.05) is 19.9 Å². The molecule has 0 aliphatic carbocycles. The van der Waals surface area contributed by atoms with E-state index in [4.69, 9.17) is 5.26 Å². The second-order valence-corrected chi connectivity index (χ2v) is 5.58. The molecule has 1 aromatic rings. The van der Waals surface area contributed by atoms with Crippen LogP contribution in [-0.4, -0.2) is 19.0 Å². The zero-order valence-corrected chi connectivity index (χ0v) is 13.6. The average Bonchev–Trinajstić information content (AvgIpc) is 2.49. The van der Waals surface area contributed by atoms with Gasteiger partial charge in [-0.2, -0.15) is 5.26 Å². The quantitative estimate of drug-likeness (QED) is 0.462. The highest BCUT2D eigenvalue weighted by atomic mass is 19.1. The number of aliphatic imine (C=N–C) groups is 1. The molecule has 0 radical (unpaired) electrons. The third kappa shape index (κ3) is 6.57. The third-order valence-corrected chi connectivity index (χ3v) is 3.18. The summed E-state index contributed by atoms with van der Waals surface area (Å²) >= 11 is 0. The van der Waals surface area contributed by atoms with Crippen LogP contribution in [0.1, 0.15) is 44.7 Å². The topological polar surface area (TPSA) is 60.2 Å². The van der Waals surface area contributed by atoms with E-state index in [2.05, 4.69) is 29.5 Å². The van der Waals surface area contributed by atoms with E-state index in [9.17, 15) is 4.39 Å². The lowest BCUT2D eigenvalue weighted by molar-refractivity contribution is 0.549. The first kappa shape index (κ1) is 18.0. The van der Waals surface area contributed by atoms with E-state index in [0.29, 0.717) is 23.0 Å². The summed E-state index contributed by atoms with van der Waals surface area (Å²) in [4.78, 5) is 4.39. The molecule has 0 heterocycles. The number of nitrogens with one attached hydrogen (secondary N) is 2. The first-order valence-electron chi connectivity index (χ1n) is 7.77. The predicted molar refractivity (Wildman–Crippen MR) is 88.0 cm³/mol. The number of halogens is 1. The van der Waals surface area contributed by atoms with Gasteiger partial charge in [0.15, 0.2) is 5.96 Å². The molecule has 0 aliphatic rings. The molecule has 2 N–H and O–H groups in total. The van der Waals surface area contributed by atoms with Crippen molar-refractivity contribution in [3.63, 3.8) is 0 Å². The van der Waals surface area contributed by atoms with E-state index in [1.807, 2.05) is 13.0 Å². The largest absolute Gasteiger partial charge is 0.357 e. The predicted octanol–water partition coefficient (Wildman–Crippen LogP) is 3.19. The van der Waals surface area contributed by atoms with E-state index in [1.54, 1.807) is 12.1 Å². The molecule has 0 bridgehead atoms. The molecule has 0 atom stereocenters.